The molecule has 0 atom stereocenters. The molecule has 72 valence electrons. The maximum atomic E-state index is 3.77. The first kappa shape index (κ1) is 9.23. The Bertz CT molecular complexity index is 534. The molecule has 2 heteroatoms. The van der Waals surface area contributed by atoms with Gasteiger partial charge in [-0.3, -0.25) is 0 Å². The zero-order valence-corrected chi connectivity index (χ0v) is 10.1. The average molecular weight is 257 g/mol. The molecule has 0 bridgehead atoms. The van der Waals surface area contributed by atoms with Crippen LogP contribution in [-0.4, -0.2) is 5.54 Å². The van der Waals surface area contributed by atoms with Crippen molar-refractivity contribution >= 4 is 32.2 Å². The summed E-state index contributed by atoms with van der Waals surface area (Å²) < 4.78 is 0. The van der Waals surface area contributed by atoms with Gasteiger partial charge in [0.15, 0.2) is 0 Å². The lowest BCUT2D eigenvalue weighted by atomic mass is 9.67. The Morgan fingerprint density at radius 3 is 2.53 bits per heavy atom. The van der Waals surface area contributed by atoms with Crippen molar-refractivity contribution in [2.75, 3.05) is 0 Å². The zero-order chi connectivity index (χ0) is 10.4. The van der Waals surface area contributed by atoms with E-state index >= 15 is 0 Å². The third kappa shape index (κ3) is 1.28. The molecular formula is C13H10BBr. The fourth-order valence-corrected chi connectivity index (χ4v) is 3.05. The number of hydrogen-bond donors (Lipinski definition) is 0. The minimum atomic E-state index is 0.364. The average Bonchev–Trinajstić information content (AvgIpc) is 2.54. The normalized spacial score (nSPS) is 12.5. The SMILES string of the molecule is Cc1ccc2c(c1)B(Br)c1ccccc1-2. The van der Waals surface area contributed by atoms with Gasteiger partial charge in [-0.2, -0.15) is 0 Å². The van der Waals surface area contributed by atoms with Crippen molar-refractivity contribution in [3.8, 4) is 11.1 Å². The van der Waals surface area contributed by atoms with Crippen LogP contribution in [0, 0.1) is 6.92 Å². The zero-order valence-electron chi connectivity index (χ0n) is 8.50. The molecule has 2 aromatic rings. The van der Waals surface area contributed by atoms with E-state index in [2.05, 4.69) is 65.1 Å². The van der Waals surface area contributed by atoms with Gasteiger partial charge in [-0.1, -0.05) is 59.0 Å². The molecule has 15 heavy (non-hydrogen) atoms. The van der Waals surface area contributed by atoms with Crippen molar-refractivity contribution < 1.29 is 0 Å². The third-order valence-electron chi connectivity index (χ3n) is 3.00. The van der Waals surface area contributed by atoms with E-state index in [1.165, 1.54) is 27.6 Å². The Balaban J connectivity index is 2.32. The second-order valence-corrected chi connectivity index (χ2v) is 4.96. The number of fused-ring (bicyclic) bond motifs is 3. The standard InChI is InChI=1S/C13H10BBr/c1-9-6-7-11-10-4-2-3-5-12(10)14(15)13(11)8-9/h2-8H,1H3. The van der Waals surface area contributed by atoms with Gasteiger partial charge in [0.2, 0.25) is 0 Å². The summed E-state index contributed by atoms with van der Waals surface area (Å²) in [7, 11) is 0. The number of rotatable bonds is 0. The molecule has 0 unspecified atom stereocenters. The molecule has 0 aromatic heterocycles. The van der Waals surface area contributed by atoms with Crippen molar-refractivity contribution in [3.05, 3.63) is 48.0 Å². The van der Waals surface area contributed by atoms with Gasteiger partial charge in [0.25, 0.3) is 5.54 Å². The molecule has 1 heterocycles. The first-order valence-corrected chi connectivity index (χ1v) is 6.03. The number of halogens is 1. The Labute approximate surface area is 98.4 Å². The van der Waals surface area contributed by atoms with E-state index in [-0.39, 0.29) is 0 Å². The predicted octanol–water partition coefficient (Wildman–Crippen LogP) is 2.48. The highest BCUT2D eigenvalue weighted by molar-refractivity contribution is 9.25. The number of hydrogen-bond acceptors (Lipinski definition) is 0. The maximum absolute atomic E-state index is 3.77. The smallest absolute Gasteiger partial charge is 0.143 e. The monoisotopic (exact) mass is 256 g/mol. The van der Waals surface area contributed by atoms with E-state index in [1.807, 2.05) is 0 Å². The molecule has 0 nitrogen and oxygen atoms in total. The lowest BCUT2D eigenvalue weighted by molar-refractivity contribution is 1.50. The van der Waals surface area contributed by atoms with E-state index in [0.29, 0.717) is 5.54 Å². The Morgan fingerprint density at radius 2 is 1.67 bits per heavy atom. The molecule has 0 radical (unpaired) electrons. The van der Waals surface area contributed by atoms with Crippen LogP contribution < -0.4 is 10.9 Å². The maximum Gasteiger partial charge on any atom is 0.288 e. The van der Waals surface area contributed by atoms with Crippen molar-refractivity contribution in [3.63, 3.8) is 0 Å². The van der Waals surface area contributed by atoms with Gasteiger partial charge in [0.1, 0.15) is 0 Å². The summed E-state index contributed by atoms with van der Waals surface area (Å²) >= 11 is 3.77. The molecule has 0 saturated carbocycles. The van der Waals surface area contributed by atoms with Crippen molar-refractivity contribution in [2.45, 2.75) is 6.92 Å². The lowest BCUT2D eigenvalue weighted by Gasteiger charge is -2.02. The summed E-state index contributed by atoms with van der Waals surface area (Å²) in [5.74, 6) is 0. The molecule has 3 rings (SSSR count). The number of aryl methyl sites for hydroxylation is 1. The topological polar surface area (TPSA) is 0 Å². The van der Waals surface area contributed by atoms with Gasteiger partial charge in [-0.25, -0.2) is 0 Å². The van der Waals surface area contributed by atoms with E-state index in [4.69, 9.17) is 0 Å². The molecule has 0 saturated heterocycles. The summed E-state index contributed by atoms with van der Waals surface area (Å²) in [6.07, 6.45) is 0. The van der Waals surface area contributed by atoms with E-state index < -0.39 is 0 Å². The molecule has 0 fully saturated rings. The lowest BCUT2D eigenvalue weighted by Crippen LogP contribution is -2.31. The summed E-state index contributed by atoms with van der Waals surface area (Å²) in [4.78, 5) is 0. The molecule has 0 aliphatic carbocycles. The molecule has 0 amide bonds. The van der Waals surface area contributed by atoms with Crippen molar-refractivity contribution in [2.24, 2.45) is 0 Å². The van der Waals surface area contributed by atoms with Gasteiger partial charge < -0.3 is 0 Å². The van der Waals surface area contributed by atoms with E-state index in [1.54, 1.807) is 0 Å². The highest BCUT2D eigenvalue weighted by Gasteiger charge is 2.29. The molecule has 0 spiro atoms. The van der Waals surface area contributed by atoms with Gasteiger partial charge in [-0.15, -0.1) is 15.8 Å². The van der Waals surface area contributed by atoms with Crippen LogP contribution >= 0.6 is 15.8 Å². The largest absolute Gasteiger partial charge is 0.288 e. The quantitative estimate of drug-likeness (QED) is 0.636. The highest BCUT2D eigenvalue weighted by Crippen LogP contribution is 2.24. The van der Waals surface area contributed by atoms with Crippen LogP contribution in [-0.2, 0) is 0 Å². The fourth-order valence-electron chi connectivity index (χ4n) is 2.27. The van der Waals surface area contributed by atoms with Crippen LogP contribution in [0.1, 0.15) is 5.56 Å². The van der Waals surface area contributed by atoms with Crippen LogP contribution in [0.15, 0.2) is 42.5 Å². The Hall–Kier alpha value is -1.02. The molecule has 2 aromatic carbocycles. The fraction of sp³-hybridized carbons (Fsp3) is 0.0769. The van der Waals surface area contributed by atoms with Crippen LogP contribution in [0.5, 0.6) is 0 Å². The molecule has 1 aliphatic rings. The van der Waals surface area contributed by atoms with Crippen LogP contribution in [0.2, 0.25) is 0 Å². The Kier molecular flexibility index (Phi) is 1.99. The van der Waals surface area contributed by atoms with Crippen molar-refractivity contribution in [1.29, 1.82) is 0 Å². The summed E-state index contributed by atoms with van der Waals surface area (Å²) in [6, 6.07) is 15.3. The van der Waals surface area contributed by atoms with Gasteiger partial charge in [0.05, 0.1) is 0 Å². The highest BCUT2D eigenvalue weighted by atomic mass is 79.9. The molecule has 1 aliphatic heterocycles. The Morgan fingerprint density at radius 1 is 0.933 bits per heavy atom. The summed E-state index contributed by atoms with van der Waals surface area (Å²) in [6.45, 7) is 2.14. The van der Waals surface area contributed by atoms with Gasteiger partial charge >= 0.3 is 0 Å². The van der Waals surface area contributed by atoms with Gasteiger partial charge in [-0.05, 0) is 18.1 Å². The van der Waals surface area contributed by atoms with E-state index in [0.717, 1.165) is 0 Å². The molecular weight excluding hydrogens is 247 g/mol. The van der Waals surface area contributed by atoms with E-state index in [9.17, 15) is 0 Å². The minimum Gasteiger partial charge on any atom is -0.143 e. The second kappa shape index (κ2) is 3.24. The minimum absolute atomic E-state index is 0.364. The number of benzene rings is 2. The summed E-state index contributed by atoms with van der Waals surface area (Å²) in [5, 5.41) is 0. The first-order valence-electron chi connectivity index (χ1n) is 5.11. The van der Waals surface area contributed by atoms with Crippen LogP contribution in [0.3, 0.4) is 0 Å². The first-order chi connectivity index (χ1) is 7.27. The van der Waals surface area contributed by atoms with Crippen molar-refractivity contribution in [1.82, 2.24) is 0 Å². The second-order valence-electron chi connectivity index (χ2n) is 4.04. The predicted molar refractivity (Wildman–Crippen MR) is 70.6 cm³/mol. The van der Waals surface area contributed by atoms with Gasteiger partial charge in [0, 0.05) is 0 Å². The molecule has 0 N–H and O–H groups in total. The summed E-state index contributed by atoms with van der Waals surface area (Å²) in [5.41, 5.74) is 7.22. The van der Waals surface area contributed by atoms with Crippen LogP contribution in [0.25, 0.3) is 11.1 Å². The third-order valence-corrected chi connectivity index (χ3v) is 3.99. The van der Waals surface area contributed by atoms with Crippen LogP contribution in [0.4, 0.5) is 0 Å².